The molecule has 1 heterocycles. The molecule has 110 valence electrons. The minimum atomic E-state index is -0.00181. The second-order valence-electron chi connectivity index (χ2n) is 4.08. The van der Waals surface area contributed by atoms with Crippen LogP contribution in [0.1, 0.15) is 4.88 Å². The minimum absolute atomic E-state index is 0.00181. The molecular formula is C14H15N3O2S2. The molecule has 0 bridgehead atoms. The normalized spacial score (nSPS) is 10.2. The predicted octanol–water partition coefficient (Wildman–Crippen LogP) is 3.06. The molecule has 1 amide bonds. The summed E-state index contributed by atoms with van der Waals surface area (Å²) in [6.07, 6.45) is 2.67. The Bertz CT molecular complexity index is 670. The average molecular weight is 321 g/mol. The van der Waals surface area contributed by atoms with Crippen LogP contribution in [0.25, 0.3) is 0 Å². The van der Waals surface area contributed by atoms with Gasteiger partial charge >= 0.3 is 0 Å². The van der Waals surface area contributed by atoms with Crippen molar-refractivity contribution >= 4 is 46.7 Å². The molecule has 21 heavy (non-hydrogen) atoms. The zero-order valence-corrected chi connectivity index (χ0v) is 13.3. The van der Waals surface area contributed by atoms with Gasteiger partial charge in [-0.2, -0.15) is 0 Å². The monoisotopic (exact) mass is 321 g/mol. The lowest BCUT2D eigenvalue weighted by molar-refractivity contribution is -0.106. The van der Waals surface area contributed by atoms with Crippen molar-refractivity contribution in [1.29, 1.82) is 5.41 Å². The van der Waals surface area contributed by atoms with E-state index < -0.39 is 0 Å². The second kappa shape index (κ2) is 6.64. The number of methoxy groups -OCH3 is 1. The van der Waals surface area contributed by atoms with E-state index in [2.05, 4.69) is 0 Å². The first-order valence-corrected chi connectivity index (χ1v) is 8.05. The van der Waals surface area contributed by atoms with E-state index in [1.54, 1.807) is 19.2 Å². The fraction of sp³-hybridized carbons (Fsp3) is 0.143. The number of nitrogens with one attached hydrogen (secondary N) is 1. The minimum Gasteiger partial charge on any atom is -0.497 e. The summed E-state index contributed by atoms with van der Waals surface area (Å²) in [6.45, 7) is 0. The number of nitrogens with two attached hydrogens (primary N) is 1. The molecule has 5 nitrogen and oxygen atoms in total. The Balaban J connectivity index is 2.49. The van der Waals surface area contributed by atoms with Gasteiger partial charge in [-0.3, -0.25) is 15.1 Å². The molecular weight excluding hydrogens is 306 g/mol. The summed E-state index contributed by atoms with van der Waals surface area (Å²) < 4.78 is 6.11. The highest BCUT2D eigenvalue weighted by Crippen LogP contribution is 2.40. The van der Waals surface area contributed by atoms with Crippen LogP contribution < -0.4 is 15.4 Å². The van der Waals surface area contributed by atoms with Gasteiger partial charge in [0.15, 0.2) is 0 Å². The van der Waals surface area contributed by atoms with E-state index in [1.807, 2.05) is 24.5 Å². The molecule has 1 aromatic carbocycles. The van der Waals surface area contributed by atoms with Crippen molar-refractivity contribution in [3.05, 3.63) is 35.2 Å². The molecule has 2 rings (SSSR count). The van der Waals surface area contributed by atoms with Gasteiger partial charge in [0.1, 0.15) is 11.6 Å². The van der Waals surface area contributed by atoms with Gasteiger partial charge in [0.25, 0.3) is 0 Å². The highest BCUT2D eigenvalue weighted by atomic mass is 32.2. The van der Waals surface area contributed by atoms with Gasteiger partial charge in [-0.05, 0) is 24.5 Å². The highest BCUT2D eigenvalue weighted by Gasteiger charge is 2.18. The molecule has 0 aliphatic rings. The first-order valence-electron chi connectivity index (χ1n) is 6.01. The molecule has 0 radical (unpaired) electrons. The number of ether oxygens (including phenoxy) is 1. The van der Waals surface area contributed by atoms with Crippen molar-refractivity contribution in [2.75, 3.05) is 18.3 Å². The Kier molecular flexibility index (Phi) is 4.87. The fourth-order valence-corrected chi connectivity index (χ4v) is 3.54. The number of amides is 1. The number of carbonyl (C=O) groups is 1. The Hall–Kier alpha value is -1.99. The first kappa shape index (κ1) is 15.4. The number of thioether (sulfide) groups is 1. The molecule has 0 saturated heterocycles. The maximum Gasteiger partial charge on any atom is 0.218 e. The van der Waals surface area contributed by atoms with E-state index in [0.717, 1.165) is 16.3 Å². The summed E-state index contributed by atoms with van der Waals surface area (Å²) in [5.41, 5.74) is 6.96. The van der Waals surface area contributed by atoms with Gasteiger partial charge in [0.2, 0.25) is 6.41 Å². The summed E-state index contributed by atoms with van der Waals surface area (Å²) in [4.78, 5) is 13.7. The third kappa shape index (κ3) is 3.20. The Morgan fingerprint density at radius 2 is 2.24 bits per heavy atom. The zero-order valence-electron chi connectivity index (χ0n) is 11.6. The van der Waals surface area contributed by atoms with Crippen molar-refractivity contribution in [3.63, 3.8) is 0 Å². The third-order valence-corrected chi connectivity index (χ3v) is 5.11. The lowest BCUT2D eigenvalue weighted by atomic mass is 10.2. The maximum absolute atomic E-state index is 11.5. The van der Waals surface area contributed by atoms with Crippen LogP contribution in [-0.2, 0) is 4.79 Å². The lowest BCUT2D eigenvalue weighted by Gasteiger charge is -2.18. The summed E-state index contributed by atoms with van der Waals surface area (Å²) in [7, 11) is 1.58. The van der Waals surface area contributed by atoms with Crippen molar-refractivity contribution in [2.45, 2.75) is 4.21 Å². The van der Waals surface area contributed by atoms with E-state index in [4.69, 9.17) is 15.9 Å². The van der Waals surface area contributed by atoms with Crippen LogP contribution in [0.2, 0.25) is 0 Å². The number of rotatable bonds is 6. The highest BCUT2D eigenvalue weighted by molar-refractivity contribution is 8.00. The largest absolute Gasteiger partial charge is 0.497 e. The quantitative estimate of drug-likeness (QED) is 0.371. The molecule has 0 spiro atoms. The Morgan fingerprint density at radius 3 is 2.81 bits per heavy atom. The van der Waals surface area contributed by atoms with Gasteiger partial charge in [-0.1, -0.05) is 6.07 Å². The fourth-order valence-electron chi connectivity index (χ4n) is 1.83. The van der Waals surface area contributed by atoms with Gasteiger partial charge in [-0.25, -0.2) is 0 Å². The summed E-state index contributed by atoms with van der Waals surface area (Å²) in [6, 6.07) is 9.00. The average Bonchev–Trinajstić information content (AvgIpc) is 2.92. The van der Waals surface area contributed by atoms with Gasteiger partial charge in [0, 0.05) is 6.07 Å². The third-order valence-electron chi connectivity index (χ3n) is 2.83. The van der Waals surface area contributed by atoms with Crippen LogP contribution >= 0.6 is 23.1 Å². The molecule has 0 saturated carbocycles. The van der Waals surface area contributed by atoms with Crippen molar-refractivity contribution < 1.29 is 9.53 Å². The topological polar surface area (TPSA) is 79.4 Å². The standard InChI is InChI=1S/C14H15N3O2S2/c1-19-10-5-3-4-9(6-10)17(8-18)11-7-12(13(15)16)21-14(11)20-2/h3-8H,1-2H3,(H3,15,16). The number of thiophene rings is 1. The molecule has 0 atom stereocenters. The van der Waals surface area contributed by atoms with Crippen molar-refractivity contribution in [1.82, 2.24) is 0 Å². The van der Waals surface area contributed by atoms with E-state index >= 15 is 0 Å². The smallest absolute Gasteiger partial charge is 0.218 e. The number of hydrogen-bond donors (Lipinski definition) is 2. The number of nitrogens with zero attached hydrogens (tertiary/aromatic N) is 1. The van der Waals surface area contributed by atoms with E-state index in [-0.39, 0.29) is 5.84 Å². The van der Waals surface area contributed by atoms with Crippen LogP contribution in [-0.4, -0.2) is 25.6 Å². The van der Waals surface area contributed by atoms with Crippen LogP contribution in [0.5, 0.6) is 5.75 Å². The van der Waals surface area contributed by atoms with E-state index in [1.165, 1.54) is 28.0 Å². The molecule has 1 aromatic heterocycles. The van der Waals surface area contributed by atoms with E-state index in [0.29, 0.717) is 16.3 Å². The van der Waals surface area contributed by atoms with E-state index in [9.17, 15) is 4.79 Å². The van der Waals surface area contributed by atoms with Gasteiger partial charge in [0.05, 0.1) is 27.6 Å². The second-order valence-corrected chi connectivity index (χ2v) is 6.21. The lowest BCUT2D eigenvalue weighted by Crippen LogP contribution is -2.14. The number of nitrogen functional groups attached to an aromatic ring is 1. The molecule has 7 heteroatoms. The molecule has 3 N–H and O–H groups in total. The molecule has 2 aromatic rings. The Morgan fingerprint density at radius 1 is 1.48 bits per heavy atom. The summed E-state index contributed by atoms with van der Waals surface area (Å²) in [5, 5.41) is 7.54. The first-order chi connectivity index (χ1) is 10.1. The predicted molar refractivity (Wildman–Crippen MR) is 88.3 cm³/mol. The van der Waals surface area contributed by atoms with Crippen LogP contribution in [0, 0.1) is 5.41 Å². The number of hydrogen-bond acceptors (Lipinski definition) is 5. The Labute approximate surface area is 131 Å². The zero-order chi connectivity index (χ0) is 15.4. The number of anilines is 2. The number of benzene rings is 1. The van der Waals surface area contributed by atoms with Crippen LogP contribution in [0.3, 0.4) is 0 Å². The molecule has 0 unspecified atom stereocenters. The number of amidine groups is 1. The number of carbonyl (C=O) groups excluding carboxylic acids is 1. The van der Waals surface area contributed by atoms with Crippen LogP contribution in [0.15, 0.2) is 34.5 Å². The van der Waals surface area contributed by atoms with Crippen molar-refractivity contribution in [3.8, 4) is 5.75 Å². The SMILES string of the molecule is COc1cccc(N(C=O)c2cc(C(=N)N)sc2SC)c1. The maximum atomic E-state index is 11.5. The molecule has 0 aliphatic heterocycles. The molecule has 0 fully saturated rings. The van der Waals surface area contributed by atoms with Gasteiger partial charge < -0.3 is 10.5 Å². The summed E-state index contributed by atoms with van der Waals surface area (Å²) >= 11 is 2.91. The summed E-state index contributed by atoms with van der Waals surface area (Å²) in [5.74, 6) is 0.671. The van der Waals surface area contributed by atoms with Gasteiger partial charge in [-0.15, -0.1) is 23.1 Å². The molecule has 0 aliphatic carbocycles. The van der Waals surface area contributed by atoms with Crippen LogP contribution in [0.4, 0.5) is 11.4 Å². The van der Waals surface area contributed by atoms with Crippen molar-refractivity contribution in [2.24, 2.45) is 5.73 Å².